The van der Waals surface area contributed by atoms with E-state index < -0.39 is 24.4 Å². The molecule has 0 radical (unpaired) electrons. The monoisotopic (exact) mass is 415 g/mol. The van der Waals surface area contributed by atoms with E-state index in [4.69, 9.17) is 4.74 Å². The number of likely N-dealkylation sites (tertiary alicyclic amines) is 1. The standard InChI is InChI=1S/C21H23F2N5O2/c22-21(23)13-28(19(29)30-11-15-5-2-1-3-6-15)20(21)8-4-10-27(12-20)18-16-7-9-24-17(16)25-14-26-18/h1-3,5-7,9,14,19,29H,4,8,10-13H2,(H,24,25,26). The molecule has 2 saturated heterocycles. The average Bonchev–Trinajstić information content (AvgIpc) is 3.26. The lowest BCUT2D eigenvalue weighted by atomic mass is 9.74. The number of nitrogens with zero attached hydrogens (tertiary/aromatic N) is 4. The van der Waals surface area contributed by atoms with Crippen LogP contribution in [0.3, 0.4) is 0 Å². The number of hydrogen-bond acceptors (Lipinski definition) is 6. The van der Waals surface area contributed by atoms with Crippen molar-refractivity contribution in [2.75, 3.05) is 24.5 Å². The number of hydrogen-bond donors (Lipinski definition) is 2. The van der Waals surface area contributed by atoms with Gasteiger partial charge in [-0.05, 0) is 24.5 Å². The molecule has 4 heterocycles. The van der Waals surface area contributed by atoms with Crippen molar-refractivity contribution in [1.82, 2.24) is 19.9 Å². The van der Waals surface area contributed by atoms with Crippen molar-refractivity contribution >= 4 is 16.9 Å². The Labute approximate surface area is 172 Å². The van der Waals surface area contributed by atoms with Gasteiger partial charge in [-0.25, -0.2) is 23.6 Å². The minimum atomic E-state index is -2.92. The maximum atomic E-state index is 14.9. The van der Waals surface area contributed by atoms with Gasteiger partial charge < -0.3 is 19.7 Å². The molecule has 0 amide bonds. The fourth-order valence-electron chi connectivity index (χ4n) is 4.62. The SMILES string of the molecule is OC(OCc1ccccc1)N1CC(F)(F)C12CCCN(c1ncnc3[nH]ccc13)C2. The van der Waals surface area contributed by atoms with E-state index in [9.17, 15) is 13.9 Å². The summed E-state index contributed by atoms with van der Waals surface area (Å²) in [5.41, 5.74) is 0.0524. The number of benzene rings is 1. The number of nitrogens with one attached hydrogen (secondary N) is 1. The number of aromatic amines is 1. The molecule has 0 saturated carbocycles. The Morgan fingerprint density at radius 2 is 2.00 bits per heavy atom. The molecule has 2 aliphatic rings. The van der Waals surface area contributed by atoms with Crippen molar-refractivity contribution in [1.29, 1.82) is 0 Å². The van der Waals surface area contributed by atoms with Crippen LogP contribution in [0.2, 0.25) is 0 Å². The van der Waals surface area contributed by atoms with Gasteiger partial charge in [0.25, 0.3) is 5.92 Å². The molecule has 30 heavy (non-hydrogen) atoms. The van der Waals surface area contributed by atoms with Crippen molar-refractivity contribution in [2.45, 2.75) is 37.3 Å². The first-order chi connectivity index (χ1) is 14.5. The number of aliphatic hydroxyl groups excluding tert-OH is 1. The van der Waals surface area contributed by atoms with E-state index in [1.54, 1.807) is 6.20 Å². The predicted octanol–water partition coefficient (Wildman–Crippen LogP) is 2.74. The van der Waals surface area contributed by atoms with Gasteiger partial charge in [-0.1, -0.05) is 30.3 Å². The summed E-state index contributed by atoms with van der Waals surface area (Å²) in [6.45, 7) is 0.298. The molecule has 1 aromatic carbocycles. The number of rotatable bonds is 5. The highest BCUT2D eigenvalue weighted by atomic mass is 19.3. The van der Waals surface area contributed by atoms with E-state index in [1.807, 2.05) is 41.3 Å². The van der Waals surface area contributed by atoms with Crippen molar-refractivity contribution in [3.8, 4) is 0 Å². The fourth-order valence-corrected chi connectivity index (χ4v) is 4.62. The predicted molar refractivity (Wildman–Crippen MR) is 107 cm³/mol. The summed E-state index contributed by atoms with van der Waals surface area (Å²) in [7, 11) is 0. The molecule has 9 heteroatoms. The molecule has 158 valence electrons. The third-order valence-corrected chi connectivity index (χ3v) is 6.21. The van der Waals surface area contributed by atoms with Crippen LogP contribution in [0.15, 0.2) is 48.9 Å². The lowest BCUT2D eigenvalue weighted by molar-refractivity contribution is -0.342. The van der Waals surface area contributed by atoms with Crippen molar-refractivity contribution in [3.05, 3.63) is 54.5 Å². The zero-order chi connectivity index (χ0) is 20.8. The Balaban J connectivity index is 1.37. The third kappa shape index (κ3) is 3.05. The van der Waals surface area contributed by atoms with Gasteiger partial charge in [0, 0.05) is 19.3 Å². The Morgan fingerprint density at radius 3 is 2.80 bits per heavy atom. The van der Waals surface area contributed by atoms with Gasteiger partial charge in [0.1, 0.15) is 23.3 Å². The molecule has 2 atom stereocenters. The molecule has 1 spiro atoms. The molecule has 2 N–H and O–H groups in total. The van der Waals surface area contributed by atoms with Crippen LogP contribution in [-0.2, 0) is 11.3 Å². The Hall–Kier alpha value is -2.62. The molecular formula is C21H23F2N5O2. The van der Waals surface area contributed by atoms with Crippen LogP contribution in [0.1, 0.15) is 18.4 Å². The molecule has 2 aromatic heterocycles. The topological polar surface area (TPSA) is 77.5 Å². The summed E-state index contributed by atoms with van der Waals surface area (Å²) in [5, 5.41) is 11.4. The van der Waals surface area contributed by atoms with Gasteiger partial charge >= 0.3 is 0 Å². The second-order valence-electron chi connectivity index (χ2n) is 7.95. The highest BCUT2D eigenvalue weighted by Crippen LogP contribution is 2.51. The van der Waals surface area contributed by atoms with Crippen LogP contribution in [0.4, 0.5) is 14.6 Å². The number of ether oxygens (including phenoxy) is 1. The maximum Gasteiger partial charge on any atom is 0.280 e. The summed E-state index contributed by atoms with van der Waals surface area (Å²) in [6.07, 6.45) is 2.64. The first kappa shape index (κ1) is 19.3. The van der Waals surface area contributed by atoms with E-state index >= 15 is 0 Å². The number of anilines is 1. The third-order valence-electron chi connectivity index (χ3n) is 6.21. The number of piperidine rings is 1. The second kappa shape index (κ2) is 7.26. The molecule has 2 fully saturated rings. The van der Waals surface area contributed by atoms with E-state index in [2.05, 4.69) is 15.0 Å². The fraction of sp³-hybridized carbons (Fsp3) is 0.429. The number of aromatic nitrogens is 3. The first-order valence-electron chi connectivity index (χ1n) is 10.0. The van der Waals surface area contributed by atoms with Crippen molar-refractivity contribution in [3.63, 3.8) is 0 Å². The lowest BCUT2D eigenvalue weighted by Crippen LogP contribution is -2.81. The normalized spacial score (nSPS) is 24.8. The number of aliphatic hydroxyl groups is 1. The Kier molecular flexibility index (Phi) is 4.68. The summed E-state index contributed by atoms with van der Waals surface area (Å²) in [5.74, 6) is -2.30. The van der Waals surface area contributed by atoms with Crippen LogP contribution >= 0.6 is 0 Å². The van der Waals surface area contributed by atoms with E-state index in [1.165, 1.54) is 11.2 Å². The molecule has 3 aromatic rings. The minimum absolute atomic E-state index is 0.0586. The van der Waals surface area contributed by atoms with Gasteiger partial charge in [-0.15, -0.1) is 0 Å². The smallest absolute Gasteiger partial charge is 0.280 e. The van der Waals surface area contributed by atoms with Gasteiger partial charge in [-0.2, -0.15) is 0 Å². The quantitative estimate of drug-likeness (QED) is 0.624. The van der Waals surface area contributed by atoms with Crippen LogP contribution < -0.4 is 4.90 Å². The van der Waals surface area contributed by atoms with Gasteiger partial charge in [-0.3, -0.25) is 0 Å². The number of alkyl halides is 2. The van der Waals surface area contributed by atoms with Crippen LogP contribution in [0, 0.1) is 0 Å². The molecule has 5 rings (SSSR count). The second-order valence-corrected chi connectivity index (χ2v) is 7.95. The molecule has 2 aliphatic heterocycles. The van der Waals surface area contributed by atoms with Crippen molar-refractivity contribution in [2.24, 2.45) is 0 Å². The number of H-pyrrole nitrogens is 1. The molecular weight excluding hydrogens is 392 g/mol. The zero-order valence-corrected chi connectivity index (χ0v) is 16.3. The highest BCUT2D eigenvalue weighted by molar-refractivity contribution is 5.87. The van der Waals surface area contributed by atoms with E-state index in [-0.39, 0.29) is 19.6 Å². The molecule has 0 aliphatic carbocycles. The van der Waals surface area contributed by atoms with Crippen molar-refractivity contribution < 1.29 is 18.6 Å². The summed E-state index contributed by atoms with van der Waals surface area (Å²) < 4.78 is 35.4. The maximum absolute atomic E-state index is 14.9. The lowest BCUT2D eigenvalue weighted by Gasteiger charge is -2.62. The summed E-state index contributed by atoms with van der Waals surface area (Å²) in [4.78, 5) is 14.8. The van der Waals surface area contributed by atoms with Gasteiger partial charge in [0.15, 0.2) is 0 Å². The van der Waals surface area contributed by atoms with Crippen LogP contribution in [0.5, 0.6) is 0 Å². The van der Waals surface area contributed by atoms with Gasteiger partial charge in [0.2, 0.25) is 6.41 Å². The molecule has 7 nitrogen and oxygen atoms in total. The highest BCUT2D eigenvalue weighted by Gasteiger charge is 2.69. The molecule has 2 unspecified atom stereocenters. The van der Waals surface area contributed by atoms with E-state index in [0.717, 1.165) is 10.9 Å². The number of halogens is 2. The zero-order valence-electron chi connectivity index (χ0n) is 16.3. The number of fused-ring (bicyclic) bond motifs is 1. The van der Waals surface area contributed by atoms with E-state index in [0.29, 0.717) is 24.4 Å². The first-order valence-corrected chi connectivity index (χ1v) is 10.0. The molecule has 0 bridgehead atoms. The van der Waals surface area contributed by atoms with Gasteiger partial charge in [0.05, 0.1) is 18.5 Å². The Bertz CT molecular complexity index is 1030. The average molecular weight is 415 g/mol. The minimum Gasteiger partial charge on any atom is -0.356 e. The van der Waals surface area contributed by atoms with Crippen LogP contribution in [-0.4, -0.2) is 62.5 Å². The Morgan fingerprint density at radius 1 is 1.17 bits per heavy atom. The van der Waals surface area contributed by atoms with Crippen LogP contribution in [0.25, 0.3) is 11.0 Å². The summed E-state index contributed by atoms with van der Waals surface area (Å²) in [6, 6.07) is 11.2. The largest absolute Gasteiger partial charge is 0.356 e. The summed E-state index contributed by atoms with van der Waals surface area (Å²) >= 11 is 0.